The third-order valence-electron chi connectivity index (χ3n) is 5.46. The molecule has 2 aromatic rings. The highest BCUT2D eigenvalue weighted by molar-refractivity contribution is 8.01. The van der Waals surface area contributed by atoms with Crippen molar-refractivity contribution >= 4 is 40.9 Å². The predicted octanol–water partition coefficient (Wildman–Crippen LogP) is 4.97. The van der Waals surface area contributed by atoms with Crippen LogP contribution < -0.4 is 4.90 Å². The van der Waals surface area contributed by atoms with Crippen molar-refractivity contribution in [3.8, 4) is 0 Å². The number of anilines is 1. The van der Waals surface area contributed by atoms with Crippen LogP contribution in [0.5, 0.6) is 0 Å². The Morgan fingerprint density at radius 3 is 2.76 bits per heavy atom. The molecule has 1 spiro atoms. The summed E-state index contributed by atoms with van der Waals surface area (Å²) in [7, 11) is 0. The summed E-state index contributed by atoms with van der Waals surface area (Å²) in [6.07, 6.45) is 0.434. The van der Waals surface area contributed by atoms with Gasteiger partial charge < -0.3 is 9.80 Å². The zero-order valence-corrected chi connectivity index (χ0v) is 18.5. The van der Waals surface area contributed by atoms with Gasteiger partial charge in [-0.25, -0.2) is 0 Å². The van der Waals surface area contributed by atoms with E-state index in [0.29, 0.717) is 24.5 Å². The topological polar surface area (TPSA) is 40.6 Å². The number of thioether (sulfide) groups is 1. The number of carbonyl (C=O) groups is 2. The maximum absolute atomic E-state index is 13.9. The number of fused-ring (bicyclic) bond motifs is 2. The van der Waals surface area contributed by atoms with Crippen LogP contribution in [0.2, 0.25) is 5.02 Å². The Hall–Kier alpha value is -1.98. The second kappa shape index (κ2) is 7.69. The standard InChI is InChI=1S/C23H25ClN2O2S/c1-15(2)11-21(27)26-9-10-29-23(26)19-13-18(24)7-8-20(19)25(22(23)28)14-17-6-4-5-16(3)12-17/h4-8,12-13,15H,9-11,14H2,1-3H3/t23-/m0/s1. The van der Waals surface area contributed by atoms with Gasteiger partial charge in [-0.3, -0.25) is 9.59 Å². The molecular weight excluding hydrogens is 404 g/mol. The maximum Gasteiger partial charge on any atom is 0.268 e. The molecule has 2 amide bonds. The fourth-order valence-corrected chi connectivity index (χ4v) is 5.90. The number of nitrogens with zero attached hydrogens (tertiary/aromatic N) is 2. The van der Waals surface area contributed by atoms with E-state index in [1.165, 1.54) is 0 Å². The minimum absolute atomic E-state index is 0.0293. The van der Waals surface area contributed by atoms with E-state index in [4.69, 9.17) is 11.6 Å². The minimum atomic E-state index is -1.00. The molecule has 1 atom stereocenters. The van der Waals surface area contributed by atoms with E-state index in [9.17, 15) is 9.59 Å². The van der Waals surface area contributed by atoms with Gasteiger partial charge in [-0.1, -0.05) is 55.3 Å². The van der Waals surface area contributed by atoms with Crippen LogP contribution in [0.4, 0.5) is 5.69 Å². The smallest absolute Gasteiger partial charge is 0.268 e. The zero-order chi connectivity index (χ0) is 20.8. The largest absolute Gasteiger partial charge is 0.315 e. The van der Waals surface area contributed by atoms with Crippen LogP contribution in [0.25, 0.3) is 0 Å². The number of rotatable bonds is 4. The molecule has 2 aliphatic heterocycles. The molecule has 0 radical (unpaired) electrons. The SMILES string of the molecule is Cc1cccc(CN2C(=O)[C@@]3(SCCN3C(=O)CC(C)C)c3cc(Cl)ccc32)c1. The van der Waals surface area contributed by atoms with E-state index < -0.39 is 4.87 Å². The summed E-state index contributed by atoms with van der Waals surface area (Å²) in [6, 6.07) is 13.8. The minimum Gasteiger partial charge on any atom is -0.315 e. The molecule has 0 saturated carbocycles. The monoisotopic (exact) mass is 428 g/mol. The summed E-state index contributed by atoms with van der Waals surface area (Å²) in [6.45, 7) is 7.15. The lowest BCUT2D eigenvalue weighted by Gasteiger charge is -2.33. The normalized spacial score (nSPS) is 20.8. The summed E-state index contributed by atoms with van der Waals surface area (Å²) in [5, 5.41) is 0.581. The number of hydrogen-bond donors (Lipinski definition) is 0. The Morgan fingerprint density at radius 2 is 2.03 bits per heavy atom. The second-order valence-corrected chi connectivity index (χ2v) is 9.90. The van der Waals surface area contributed by atoms with Crippen LogP contribution in [-0.2, 0) is 21.0 Å². The van der Waals surface area contributed by atoms with Crippen LogP contribution in [-0.4, -0.2) is 29.0 Å². The summed E-state index contributed by atoms with van der Waals surface area (Å²) in [4.78, 5) is 29.5. The predicted molar refractivity (Wildman–Crippen MR) is 119 cm³/mol. The van der Waals surface area contributed by atoms with Crippen LogP contribution >= 0.6 is 23.4 Å². The first-order chi connectivity index (χ1) is 13.8. The highest BCUT2D eigenvalue weighted by Gasteiger charge is 2.59. The molecule has 4 nitrogen and oxygen atoms in total. The molecule has 0 N–H and O–H groups in total. The van der Waals surface area contributed by atoms with Crippen molar-refractivity contribution in [3.05, 3.63) is 64.2 Å². The molecule has 0 bridgehead atoms. The van der Waals surface area contributed by atoms with Gasteiger partial charge in [0.15, 0.2) is 4.87 Å². The van der Waals surface area contributed by atoms with Crippen LogP contribution in [0, 0.1) is 12.8 Å². The number of aryl methyl sites for hydroxylation is 1. The van der Waals surface area contributed by atoms with Gasteiger partial charge in [0.05, 0.1) is 12.2 Å². The summed E-state index contributed by atoms with van der Waals surface area (Å²) in [5.74, 6) is 0.959. The molecule has 4 rings (SSSR count). The summed E-state index contributed by atoms with van der Waals surface area (Å²) < 4.78 is 0. The van der Waals surface area contributed by atoms with Crippen LogP contribution in [0.3, 0.4) is 0 Å². The van der Waals surface area contributed by atoms with Crippen molar-refractivity contribution in [2.75, 3.05) is 17.2 Å². The molecule has 29 heavy (non-hydrogen) atoms. The molecule has 0 unspecified atom stereocenters. The maximum atomic E-state index is 13.9. The number of carbonyl (C=O) groups excluding carboxylic acids is 2. The fourth-order valence-electron chi connectivity index (χ4n) is 4.25. The Balaban J connectivity index is 1.78. The number of amides is 2. The zero-order valence-electron chi connectivity index (χ0n) is 16.9. The number of hydrogen-bond acceptors (Lipinski definition) is 3. The van der Waals surface area contributed by atoms with E-state index in [1.54, 1.807) is 16.7 Å². The molecule has 1 saturated heterocycles. The first-order valence-electron chi connectivity index (χ1n) is 9.95. The van der Waals surface area contributed by atoms with Crippen molar-refractivity contribution in [2.24, 2.45) is 5.92 Å². The molecule has 0 aliphatic carbocycles. The van der Waals surface area contributed by atoms with Crippen molar-refractivity contribution in [3.63, 3.8) is 0 Å². The number of benzene rings is 2. The molecule has 152 valence electrons. The molecule has 1 fully saturated rings. The first kappa shape index (κ1) is 20.3. The van der Waals surface area contributed by atoms with Gasteiger partial charge in [0.2, 0.25) is 5.91 Å². The highest BCUT2D eigenvalue weighted by Crippen LogP contribution is 2.55. The molecule has 2 aliphatic rings. The Labute approximate surface area is 181 Å². The van der Waals surface area contributed by atoms with Gasteiger partial charge in [0, 0.05) is 29.3 Å². The second-order valence-electron chi connectivity index (χ2n) is 8.18. The van der Waals surface area contributed by atoms with Crippen molar-refractivity contribution in [1.29, 1.82) is 0 Å². The Kier molecular flexibility index (Phi) is 5.38. The van der Waals surface area contributed by atoms with Gasteiger partial charge in [0.25, 0.3) is 5.91 Å². The average molecular weight is 429 g/mol. The average Bonchev–Trinajstić information content (AvgIpc) is 3.19. The third-order valence-corrected chi connectivity index (χ3v) is 7.12. The Bertz CT molecular complexity index is 977. The van der Waals surface area contributed by atoms with E-state index in [1.807, 2.05) is 62.1 Å². The van der Waals surface area contributed by atoms with Gasteiger partial charge in [-0.2, -0.15) is 0 Å². The number of halogens is 1. The molecule has 2 heterocycles. The van der Waals surface area contributed by atoms with Crippen molar-refractivity contribution < 1.29 is 9.59 Å². The van der Waals surface area contributed by atoms with E-state index in [2.05, 4.69) is 6.07 Å². The molecule has 2 aromatic carbocycles. The van der Waals surface area contributed by atoms with Crippen LogP contribution in [0.1, 0.15) is 37.0 Å². The Morgan fingerprint density at radius 1 is 1.24 bits per heavy atom. The quantitative estimate of drug-likeness (QED) is 0.690. The summed E-state index contributed by atoms with van der Waals surface area (Å²) in [5.41, 5.74) is 3.91. The van der Waals surface area contributed by atoms with Gasteiger partial charge in [0.1, 0.15) is 0 Å². The van der Waals surface area contributed by atoms with Gasteiger partial charge in [-0.15, -0.1) is 11.8 Å². The fraction of sp³-hybridized carbons (Fsp3) is 0.391. The van der Waals surface area contributed by atoms with E-state index in [0.717, 1.165) is 28.1 Å². The van der Waals surface area contributed by atoms with E-state index >= 15 is 0 Å². The first-order valence-corrected chi connectivity index (χ1v) is 11.3. The van der Waals surface area contributed by atoms with Gasteiger partial charge >= 0.3 is 0 Å². The molecular formula is C23H25ClN2O2S. The molecule has 0 aromatic heterocycles. The lowest BCUT2D eigenvalue weighted by molar-refractivity contribution is -0.140. The third kappa shape index (κ3) is 3.44. The van der Waals surface area contributed by atoms with Crippen molar-refractivity contribution in [1.82, 2.24) is 4.90 Å². The summed E-state index contributed by atoms with van der Waals surface area (Å²) >= 11 is 7.88. The molecule has 6 heteroatoms. The lowest BCUT2D eigenvalue weighted by Crippen LogP contribution is -2.50. The lowest BCUT2D eigenvalue weighted by atomic mass is 10.0. The van der Waals surface area contributed by atoms with Crippen LogP contribution in [0.15, 0.2) is 42.5 Å². The van der Waals surface area contributed by atoms with Crippen molar-refractivity contribution in [2.45, 2.75) is 38.6 Å². The highest BCUT2D eigenvalue weighted by atomic mass is 35.5. The van der Waals surface area contributed by atoms with Gasteiger partial charge in [-0.05, 0) is 36.6 Å². The van der Waals surface area contributed by atoms with E-state index in [-0.39, 0.29) is 17.7 Å².